The molecule has 4 rings (SSSR count). The maximum atomic E-state index is 13.5. The van der Waals surface area contributed by atoms with Gasteiger partial charge in [0.05, 0.1) is 4.90 Å². The molecular formula is C24H21N3O2S. The lowest BCUT2D eigenvalue weighted by Gasteiger charge is -2.22. The minimum atomic E-state index is -3.72. The molecule has 2 heterocycles. The van der Waals surface area contributed by atoms with Crippen molar-refractivity contribution >= 4 is 10.0 Å². The third-order valence-electron chi connectivity index (χ3n) is 4.76. The number of sulfonamides is 1. The molecule has 5 nitrogen and oxygen atoms in total. The summed E-state index contributed by atoms with van der Waals surface area (Å²) < 4.78 is 28.4. The molecule has 0 saturated carbocycles. The number of aromatic nitrogens is 2. The Bertz CT molecular complexity index is 1140. The van der Waals surface area contributed by atoms with Crippen molar-refractivity contribution in [3.05, 3.63) is 115 Å². The van der Waals surface area contributed by atoms with Gasteiger partial charge in [0.15, 0.2) is 0 Å². The summed E-state index contributed by atoms with van der Waals surface area (Å²) in [4.78, 5) is 8.48. The highest BCUT2D eigenvalue weighted by atomic mass is 32.2. The third kappa shape index (κ3) is 4.62. The van der Waals surface area contributed by atoms with E-state index in [0.717, 1.165) is 22.3 Å². The van der Waals surface area contributed by atoms with Crippen LogP contribution in [0.2, 0.25) is 0 Å². The fourth-order valence-corrected chi connectivity index (χ4v) is 4.63. The lowest BCUT2D eigenvalue weighted by atomic mass is 10.1. The van der Waals surface area contributed by atoms with E-state index in [-0.39, 0.29) is 18.0 Å². The van der Waals surface area contributed by atoms with E-state index >= 15 is 0 Å². The molecule has 150 valence electrons. The molecule has 2 aromatic heterocycles. The van der Waals surface area contributed by atoms with Gasteiger partial charge in [-0.3, -0.25) is 9.97 Å². The number of hydrogen-bond donors (Lipinski definition) is 0. The quantitative estimate of drug-likeness (QED) is 0.445. The minimum absolute atomic E-state index is 0.228. The van der Waals surface area contributed by atoms with Crippen LogP contribution in [0.5, 0.6) is 0 Å². The second kappa shape index (κ2) is 8.98. The molecule has 0 saturated heterocycles. The predicted molar refractivity (Wildman–Crippen MR) is 117 cm³/mol. The second-order valence-corrected chi connectivity index (χ2v) is 8.82. The topological polar surface area (TPSA) is 63.2 Å². The number of hydrogen-bond acceptors (Lipinski definition) is 4. The molecule has 2 aromatic carbocycles. The Morgan fingerprint density at radius 2 is 1.17 bits per heavy atom. The van der Waals surface area contributed by atoms with Crippen LogP contribution in [-0.2, 0) is 23.1 Å². The number of benzene rings is 2. The molecule has 0 fully saturated rings. The van der Waals surface area contributed by atoms with Crippen LogP contribution in [0.4, 0.5) is 0 Å². The summed E-state index contributed by atoms with van der Waals surface area (Å²) in [5, 5.41) is 0. The van der Waals surface area contributed by atoms with Crippen molar-refractivity contribution < 1.29 is 8.42 Å². The fraction of sp³-hybridized carbons (Fsp3) is 0.0833. The van der Waals surface area contributed by atoms with E-state index in [2.05, 4.69) is 9.97 Å². The van der Waals surface area contributed by atoms with Gasteiger partial charge in [-0.05, 0) is 46.5 Å². The maximum absolute atomic E-state index is 13.5. The van der Waals surface area contributed by atoms with Gasteiger partial charge >= 0.3 is 0 Å². The highest BCUT2D eigenvalue weighted by Crippen LogP contribution is 2.25. The van der Waals surface area contributed by atoms with Crippen LogP contribution < -0.4 is 0 Å². The van der Waals surface area contributed by atoms with Gasteiger partial charge in [0.25, 0.3) is 0 Å². The van der Waals surface area contributed by atoms with Gasteiger partial charge in [0.1, 0.15) is 0 Å². The molecule has 30 heavy (non-hydrogen) atoms. The molecule has 0 atom stereocenters. The summed E-state index contributed by atoms with van der Waals surface area (Å²) in [5.41, 5.74) is 3.67. The average Bonchev–Trinajstić information content (AvgIpc) is 2.81. The van der Waals surface area contributed by atoms with Gasteiger partial charge in [0, 0.05) is 37.9 Å². The maximum Gasteiger partial charge on any atom is 0.243 e. The standard InChI is InChI=1S/C24H21N3O2S/c28-30(29,24-12-10-23(11-13-24)22-8-2-1-3-9-22)27(18-20-6-4-14-25-16-20)19-21-7-5-15-26-17-21/h1-17H,18-19H2. The van der Waals surface area contributed by atoms with E-state index in [4.69, 9.17) is 0 Å². The van der Waals surface area contributed by atoms with Crippen LogP contribution in [0.15, 0.2) is 109 Å². The van der Waals surface area contributed by atoms with Crippen molar-refractivity contribution in [1.82, 2.24) is 14.3 Å². The summed E-state index contributed by atoms with van der Waals surface area (Å²) >= 11 is 0. The van der Waals surface area contributed by atoms with Crippen molar-refractivity contribution in [1.29, 1.82) is 0 Å². The van der Waals surface area contributed by atoms with Crippen molar-refractivity contribution in [2.45, 2.75) is 18.0 Å². The van der Waals surface area contributed by atoms with Crippen LogP contribution in [-0.4, -0.2) is 22.7 Å². The van der Waals surface area contributed by atoms with Gasteiger partial charge in [-0.2, -0.15) is 4.31 Å². The first kappa shape index (κ1) is 19.9. The lowest BCUT2D eigenvalue weighted by Crippen LogP contribution is -2.30. The Balaban J connectivity index is 1.65. The minimum Gasteiger partial charge on any atom is -0.264 e. The highest BCUT2D eigenvalue weighted by molar-refractivity contribution is 7.89. The van der Waals surface area contributed by atoms with E-state index in [1.165, 1.54) is 4.31 Å². The van der Waals surface area contributed by atoms with E-state index in [0.29, 0.717) is 0 Å². The van der Waals surface area contributed by atoms with E-state index < -0.39 is 10.0 Å². The summed E-state index contributed by atoms with van der Waals surface area (Å²) in [6.07, 6.45) is 6.71. The van der Waals surface area contributed by atoms with Crippen molar-refractivity contribution in [3.8, 4) is 11.1 Å². The molecule has 0 aliphatic carbocycles. The normalized spacial score (nSPS) is 11.5. The number of rotatable bonds is 7. The molecule has 6 heteroatoms. The molecule has 0 spiro atoms. The first-order valence-corrected chi connectivity index (χ1v) is 11.0. The van der Waals surface area contributed by atoms with Crippen LogP contribution in [0.25, 0.3) is 11.1 Å². The summed E-state index contributed by atoms with van der Waals surface area (Å²) in [6.45, 7) is 0.455. The van der Waals surface area contributed by atoms with Gasteiger partial charge in [0.2, 0.25) is 10.0 Å². The molecular weight excluding hydrogens is 394 g/mol. The van der Waals surface area contributed by atoms with E-state index in [9.17, 15) is 8.42 Å². The zero-order chi connectivity index (χ0) is 20.8. The van der Waals surface area contributed by atoms with E-state index in [1.54, 1.807) is 49.1 Å². The molecule has 0 radical (unpaired) electrons. The Hall–Kier alpha value is -3.35. The zero-order valence-corrected chi connectivity index (χ0v) is 17.1. The van der Waals surface area contributed by atoms with Gasteiger partial charge < -0.3 is 0 Å². The molecule has 0 N–H and O–H groups in total. The second-order valence-electron chi connectivity index (χ2n) is 6.89. The smallest absolute Gasteiger partial charge is 0.243 e. The van der Waals surface area contributed by atoms with Crippen molar-refractivity contribution in [2.24, 2.45) is 0 Å². The third-order valence-corrected chi connectivity index (χ3v) is 6.57. The summed E-state index contributed by atoms with van der Waals surface area (Å²) in [5.74, 6) is 0. The predicted octanol–water partition coefficient (Wildman–Crippen LogP) is 4.53. The number of pyridine rings is 2. The molecule has 0 unspecified atom stereocenters. The Kier molecular flexibility index (Phi) is 5.97. The zero-order valence-electron chi connectivity index (χ0n) is 16.3. The van der Waals surface area contributed by atoms with Crippen LogP contribution in [0.1, 0.15) is 11.1 Å². The number of nitrogens with zero attached hydrogens (tertiary/aromatic N) is 3. The van der Waals surface area contributed by atoms with Crippen molar-refractivity contribution in [3.63, 3.8) is 0 Å². The first-order chi connectivity index (χ1) is 14.6. The van der Waals surface area contributed by atoms with Gasteiger partial charge in [-0.15, -0.1) is 0 Å². The molecule has 0 aliphatic rings. The Labute approximate surface area is 176 Å². The SMILES string of the molecule is O=S(=O)(c1ccc(-c2ccccc2)cc1)N(Cc1cccnc1)Cc1cccnc1. The van der Waals surface area contributed by atoms with Crippen LogP contribution in [0.3, 0.4) is 0 Å². The van der Waals surface area contributed by atoms with Crippen LogP contribution >= 0.6 is 0 Å². The Morgan fingerprint density at radius 1 is 0.633 bits per heavy atom. The van der Waals surface area contributed by atoms with E-state index in [1.807, 2.05) is 54.6 Å². The Morgan fingerprint density at radius 3 is 1.67 bits per heavy atom. The molecule has 0 bridgehead atoms. The largest absolute Gasteiger partial charge is 0.264 e. The van der Waals surface area contributed by atoms with Crippen LogP contribution in [0, 0.1) is 0 Å². The monoisotopic (exact) mass is 415 g/mol. The molecule has 0 aliphatic heterocycles. The average molecular weight is 416 g/mol. The van der Waals surface area contributed by atoms with Gasteiger partial charge in [-0.25, -0.2) is 8.42 Å². The fourth-order valence-electron chi connectivity index (χ4n) is 3.22. The van der Waals surface area contributed by atoms with Crippen molar-refractivity contribution in [2.75, 3.05) is 0 Å². The summed E-state index contributed by atoms with van der Waals surface area (Å²) in [7, 11) is -3.72. The molecule has 4 aromatic rings. The summed E-state index contributed by atoms with van der Waals surface area (Å²) in [6, 6.07) is 24.2. The molecule has 0 amide bonds. The highest BCUT2D eigenvalue weighted by Gasteiger charge is 2.25. The lowest BCUT2D eigenvalue weighted by molar-refractivity contribution is 0.400. The van der Waals surface area contributed by atoms with Gasteiger partial charge in [-0.1, -0.05) is 54.6 Å². The first-order valence-electron chi connectivity index (χ1n) is 9.56.